The SMILES string of the molecule is CCCC1CCCN(C(=O)[C@@H](N)C(C)CC)CC1. The highest BCUT2D eigenvalue weighted by atomic mass is 16.2. The number of nitrogens with zero attached hydrogens (tertiary/aromatic N) is 1. The summed E-state index contributed by atoms with van der Waals surface area (Å²) in [6.07, 6.45) is 7.11. The molecule has 0 aromatic carbocycles. The lowest BCUT2D eigenvalue weighted by Crippen LogP contribution is -2.47. The van der Waals surface area contributed by atoms with Crippen molar-refractivity contribution in [2.75, 3.05) is 13.1 Å². The van der Waals surface area contributed by atoms with Gasteiger partial charge in [0.2, 0.25) is 5.91 Å². The number of nitrogens with two attached hydrogens (primary N) is 1. The Morgan fingerprint density at radius 2 is 2.06 bits per heavy atom. The molecule has 1 fully saturated rings. The van der Waals surface area contributed by atoms with Crippen molar-refractivity contribution in [2.45, 2.75) is 65.3 Å². The number of amides is 1. The molecule has 1 aliphatic rings. The van der Waals surface area contributed by atoms with E-state index in [2.05, 4.69) is 20.8 Å². The second kappa shape index (κ2) is 7.78. The molecule has 2 N–H and O–H groups in total. The molecule has 0 spiro atoms. The largest absolute Gasteiger partial charge is 0.341 e. The predicted molar refractivity (Wildman–Crippen MR) is 76.3 cm³/mol. The molecule has 3 atom stereocenters. The molecule has 0 saturated carbocycles. The standard InChI is InChI=1S/C15H30N2O/c1-4-7-13-8-6-10-17(11-9-13)15(18)14(16)12(3)5-2/h12-14H,4-11,16H2,1-3H3/t12?,13?,14-/m0/s1. The van der Waals surface area contributed by atoms with Crippen LogP contribution in [0.5, 0.6) is 0 Å². The Morgan fingerprint density at radius 1 is 1.33 bits per heavy atom. The molecule has 1 rings (SSSR count). The van der Waals surface area contributed by atoms with Crippen molar-refractivity contribution in [2.24, 2.45) is 17.6 Å². The van der Waals surface area contributed by atoms with Gasteiger partial charge in [-0.3, -0.25) is 4.79 Å². The van der Waals surface area contributed by atoms with E-state index in [0.717, 1.165) is 38.3 Å². The highest BCUT2D eigenvalue weighted by Crippen LogP contribution is 2.22. The molecule has 2 unspecified atom stereocenters. The smallest absolute Gasteiger partial charge is 0.239 e. The summed E-state index contributed by atoms with van der Waals surface area (Å²) in [6.45, 7) is 8.22. The summed E-state index contributed by atoms with van der Waals surface area (Å²) in [5.74, 6) is 1.27. The maximum absolute atomic E-state index is 12.3. The van der Waals surface area contributed by atoms with Gasteiger partial charge in [0.15, 0.2) is 0 Å². The van der Waals surface area contributed by atoms with Gasteiger partial charge in [-0.05, 0) is 31.1 Å². The Hall–Kier alpha value is -0.570. The average Bonchev–Trinajstić information content (AvgIpc) is 2.62. The summed E-state index contributed by atoms with van der Waals surface area (Å²) >= 11 is 0. The van der Waals surface area contributed by atoms with Crippen LogP contribution in [0.4, 0.5) is 0 Å². The van der Waals surface area contributed by atoms with Gasteiger partial charge in [0, 0.05) is 13.1 Å². The van der Waals surface area contributed by atoms with Gasteiger partial charge in [-0.25, -0.2) is 0 Å². The van der Waals surface area contributed by atoms with Crippen molar-refractivity contribution < 1.29 is 4.79 Å². The molecule has 0 aromatic rings. The van der Waals surface area contributed by atoms with Crippen molar-refractivity contribution >= 4 is 5.91 Å². The lowest BCUT2D eigenvalue weighted by Gasteiger charge is -2.27. The van der Waals surface area contributed by atoms with E-state index in [1.54, 1.807) is 0 Å². The van der Waals surface area contributed by atoms with Crippen LogP contribution in [-0.4, -0.2) is 29.9 Å². The van der Waals surface area contributed by atoms with Crippen LogP contribution in [0.3, 0.4) is 0 Å². The van der Waals surface area contributed by atoms with Crippen molar-refractivity contribution in [1.82, 2.24) is 4.90 Å². The van der Waals surface area contributed by atoms with Gasteiger partial charge in [-0.2, -0.15) is 0 Å². The van der Waals surface area contributed by atoms with E-state index in [1.807, 2.05) is 4.90 Å². The number of hydrogen-bond acceptors (Lipinski definition) is 2. The normalized spacial score (nSPS) is 24.4. The van der Waals surface area contributed by atoms with Gasteiger partial charge in [0.05, 0.1) is 6.04 Å². The molecule has 1 saturated heterocycles. The van der Waals surface area contributed by atoms with Crippen LogP contribution in [0.25, 0.3) is 0 Å². The van der Waals surface area contributed by atoms with E-state index in [4.69, 9.17) is 5.73 Å². The Kier molecular flexibility index (Phi) is 6.69. The molecule has 0 radical (unpaired) electrons. The second-order valence-corrected chi connectivity index (χ2v) is 5.82. The number of carbonyl (C=O) groups excluding carboxylic acids is 1. The molecule has 0 aromatic heterocycles. The third kappa shape index (κ3) is 4.27. The Morgan fingerprint density at radius 3 is 2.67 bits per heavy atom. The topological polar surface area (TPSA) is 46.3 Å². The fraction of sp³-hybridized carbons (Fsp3) is 0.933. The number of rotatable bonds is 5. The van der Waals surface area contributed by atoms with E-state index >= 15 is 0 Å². The molecule has 3 heteroatoms. The van der Waals surface area contributed by atoms with Gasteiger partial charge < -0.3 is 10.6 Å². The highest BCUT2D eigenvalue weighted by molar-refractivity contribution is 5.82. The first-order chi connectivity index (χ1) is 8.60. The van der Waals surface area contributed by atoms with Gasteiger partial charge in [0.1, 0.15) is 0 Å². The number of hydrogen-bond donors (Lipinski definition) is 1. The minimum absolute atomic E-state index is 0.168. The molecule has 0 aliphatic carbocycles. The first kappa shape index (κ1) is 15.5. The molecule has 1 heterocycles. The van der Waals surface area contributed by atoms with E-state index in [-0.39, 0.29) is 17.9 Å². The van der Waals surface area contributed by atoms with Crippen LogP contribution in [0.15, 0.2) is 0 Å². The highest BCUT2D eigenvalue weighted by Gasteiger charge is 2.26. The minimum atomic E-state index is -0.308. The van der Waals surface area contributed by atoms with Crippen LogP contribution in [-0.2, 0) is 4.79 Å². The van der Waals surface area contributed by atoms with Gasteiger partial charge >= 0.3 is 0 Å². The molecule has 1 aliphatic heterocycles. The first-order valence-corrected chi connectivity index (χ1v) is 7.64. The van der Waals surface area contributed by atoms with Crippen LogP contribution >= 0.6 is 0 Å². The van der Waals surface area contributed by atoms with Crippen molar-refractivity contribution in [3.63, 3.8) is 0 Å². The summed E-state index contributed by atoms with van der Waals surface area (Å²) in [4.78, 5) is 14.3. The van der Waals surface area contributed by atoms with Crippen LogP contribution in [0.1, 0.15) is 59.3 Å². The summed E-state index contributed by atoms with van der Waals surface area (Å²) in [7, 11) is 0. The maximum Gasteiger partial charge on any atom is 0.239 e. The molecule has 3 nitrogen and oxygen atoms in total. The van der Waals surface area contributed by atoms with E-state index in [9.17, 15) is 4.79 Å². The monoisotopic (exact) mass is 254 g/mol. The Bertz CT molecular complexity index is 255. The van der Waals surface area contributed by atoms with Crippen molar-refractivity contribution in [1.29, 1.82) is 0 Å². The van der Waals surface area contributed by atoms with E-state index in [1.165, 1.54) is 19.3 Å². The van der Waals surface area contributed by atoms with Gasteiger partial charge in [-0.1, -0.05) is 40.0 Å². The molecular formula is C15H30N2O. The third-order valence-electron chi connectivity index (χ3n) is 4.40. The van der Waals surface area contributed by atoms with Crippen molar-refractivity contribution in [3.05, 3.63) is 0 Å². The minimum Gasteiger partial charge on any atom is -0.341 e. The lowest BCUT2D eigenvalue weighted by atomic mass is 9.96. The number of likely N-dealkylation sites (tertiary alicyclic amines) is 1. The maximum atomic E-state index is 12.3. The Labute approximate surface area is 112 Å². The zero-order valence-electron chi connectivity index (χ0n) is 12.3. The third-order valence-corrected chi connectivity index (χ3v) is 4.40. The quantitative estimate of drug-likeness (QED) is 0.820. The fourth-order valence-corrected chi connectivity index (χ4v) is 2.79. The zero-order valence-corrected chi connectivity index (χ0v) is 12.3. The lowest BCUT2D eigenvalue weighted by molar-refractivity contribution is -0.133. The van der Waals surface area contributed by atoms with Crippen LogP contribution < -0.4 is 5.73 Å². The predicted octanol–water partition coefficient (Wildman–Crippen LogP) is 2.79. The van der Waals surface area contributed by atoms with Crippen LogP contribution in [0, 0.1) is 11.8 Å². The molecule has 106 valence electrons. The molecule has 18 heavy (non-hydrogen) atoms. The first-order valence-electron chi connectivity index (χ1n) is 7.64. The van der Waals surface area contributed by atoms with Crippen molar-refractivity contribution in [3.8, 4) is 0 Å². The zero-order chi connectivity index (χ0) is 13.5. The molecular weight excluding hydrogens is 224 g/mol. The summed E-state index contributed by atoms with van der Waals surface area (Å²) < 4.78 is 0. The van der Waals surface area contributed by atoms with E-state index < -0.39 is 0 Å². The second-order valence-electron chi connectivity index (χ2n) is 5.82. The van der Waals surface area contributed by atoms with E-state index in [0.29, 0.717) is 0 Å². The molecule has 1 amide bonds. The fourth-order valence-electron chi connectivity index (χ4n) is 2.79. The van der Waals surface area contributed by atoms with Gasteiger partial charge in [-0.15, -0.1) is 0 Å². The summed E-state index contributed by atoms with van der Waals surface area (Å²) in [6, 6.07) is -0.308. The summed E-state index contributed by atoms with van der Waals surface area (Å²) in [5.41, 5.74) is 6.06. The Balaban J connectivity index is 2.49. The van der Waals surface area contributed by atoms with Crippen LogP contribution in [0.2, 0.25) is 0 Å². The number of carbonyl (C=O) groups is 1. The molecule has 0 bridgehead atoms. The summed E-state index contributed by atoms with van der Waals surface area (Å²) in [5, 5.41) is 0. The van der Waals surface area contributed by atoms with Gasteiger partial charge in [0.25, 0.3) is 0 Å². The average molecular weight is 254 g/mol.